The molecule has 0 saturated carbocycles. The minimum Gasteiger partial charge on any atom is -0.378 e. The molecule has 6 nitrogen and oxygen atoms in total. The summed E-state index contributed by atoms with van der Waals surface area (Å²) in [6.45, 7) is 0.531. The highest BCUT2D eigenvalue weighted by molar-refractivity contribution is 7.92. The molecule has 0 atom stereocenters. The quantitative estimate of drug-likeness (QED) is 0.708. The molecule has 8 heteroatoms. The van der Waals surface area contributed by atoms with Gasteiger partial charge in [-0.05, 0) is 48.5 Å². The van der Waals surface area contributed by atoms with E-state index in [0.29, 0.717) is 6.54 Å². The molecule has 0 fully saturated rings. The molecule has 3 aromatic rings. The van der Waals surface area contributed by atoms with Gasteiger partial charge in [-0.3, -0.25) is 9.71 Å². The zero-order valence-corrected chi connectivity index (χ0v) is 13.9. The first-order valence-electron chi connectivity index (χ1n) is 7.41. The first kappa shape index (κ1) is 16.8. The Morgan fingerprint density at radius 3 is 2.40 bits per heavy atom. The molecule has 2 N–H and O–H groups in total. The molecule has 0 radical (unpaired) electrons. The molecule has 0 spiro atoms. The van der Waals surface area contributed by atoms with Crippen molar-refractivity contribution in [2.75, 3.05) is 10.0 Å². The maximum absolute atomic E-state index is 12.9. The fraction of sp³-hybridized carbons (Fsp3) is 0.0588. The molecule has 0 bridgehead atoms. The van der Waals surface area contributed by atoms with E-state index in [0.717, 1.165) is 23.5 Å². The van der Waals surface area contributed by atoms with Gasteiger partial charge in [0.25, 0.3) is 10.0 Å². The number of pyridine rings is 2. The molecule has 0 aliphatic heterocycles. The molecule has 0 unspecified atom stereocenters. The average molecular weight is 358 g/mol. The highest BCUT2D eigenvalue weighted by Crippen LogP contribution is 2.16. The number of rotatable bonds is 6. The normalized spacial score (nSPS) is 11.1. The third-order valence-corrected chi connectivity index (χ3v) is 4.70. The van der Waals surface area contributed by atoms with Crippen molar-refractivity contribution in [3.63, 3.8) is 0 Å². The molecule has 3 rings (SSSR count). The van der Waals surface area contributed by atoms with E-state index in [1.807, 2.05) is 18.2 Å². The fourth-order valence-corrected chi connectivity index (χ4v) is 3.07. The zero-order chi connectivity index (χ0) is 17.7. The van der Waals surface area contributed by atoms with Crippen LogP contribution in [0.5, 0.6) is 0 Å². The summed E-state index contributed by atoms with van der Waals surface area (Å²) in [5.41, 5.74) is 1.61. The first-order valence-corrected chi connectivity index (χ1v) is 8.89. The topological polar surface area (TPSA) is 84.0 Å². The largest absolute Gasteiger partial charge is 0.378 e. The van der Waals surface area contributed by atoms with Crippen molar-refractivity contribution in [1.82, 2.24) is 9.97 Å². The summed E-state index contributed by atoms with van der Waals surface area (Å²) in [7, 11) is -3.81. The summed E-state index contributed by atoms with van der Waals surface area (Å²) >= 11 is 0. The first-order chi connectivity index (χ1) is 12.0. The van der Waals surface area contributed by atoms with Gasteiger partial charge in [0.05, 0.1) is 29.0 Å². The van der Waals surface area contributed by atoms with Crippen LogP contribution in [0.25, 0.3) is 0 Å². The number of halogens is 1. The SMILES string of the molecule is O=S(=O)(Nc1ccc(NCc2ccccn2)cn1)c1ccc(F)cc1. The number of anilines is 2. The molecule has 0 saturated heterocycles. The van der Waals surface area contributed by atoms with E-state index < -0.39 is 15.8 Å². The number of hydrogen-bond donors (Lipinski definition) is 2. The number of sulfonamides is 1. The molecule has 0 aliphatic rings. The van der Waals surface area contributed by atoms with Crippen LogP contribution in [-0.2, 0) is 16.6 Å². The Hall–Kier alpha value is -3.00. The van der Waals surface area contributed by atoms with E-state index in [1.54, 1.807) is 18.3 Å². The van der Waals surface area contributed by atoms with Crippen LogP contribution < -0.4 is 10.0 Å². The summed E-state index contributed by atoms with van der Waals surface area (Å²) in [5, 5.41) is 3.15. The second-order valence-electron chi connectivity index (χ2n) is 5.17. The number of benzene rings is 1. The van der Waals surface area contributed by atoms with Gasteiger partial charge >= 0.3 is 0 Å². The van der Waals surface area contributed by atoms with Crippen molar-refractivity contribution >= 4 is 21.5 Å². The molecule has 128 valence electrons. The van der Waals surface area contributed by atoms with E-state index in [4.69, 9.17) is 0 Å². The number of hydrogen-bond acceptors (Lipinski definition) is 5. The Bertz CT molecular complexity index is 931. The summed E-state index contributed by atoms with van der Waals surface area (Å²) < 4.78 is 39.7. The van der Waals surface area contributed by atoms with Crippen LogP contribution in [0.1, 0.15) is 5.69 Å². The lowest BCUT2D eigenvalue weighted by atomic mass is 10.3. The van der Waals surface area contributed by atoms with Gasteiger partial charge in [-0.15, -0.1) is 0 Å². The van der Waals surface area contributed by atoms with E-state index in [1.165, 1.54) is 18.3 Å². The van der Waals surface area contributed by atoms with Crippen molar-refractivity contribution in [1.29, 1.82) is 0 Å². The Labute approximate surface area is 144 Å². The molecular weight excluding hydrogens is 343 g/mol. The smallest absolute Gasteiger partial charge is 0.263 e. The van der Waals surface area contributed by atoms with Crippen molar-refractivity contribution in [2.24, 2.45) is 0 Å². The van der Waals surface area contributed by atoms with Crippen LogP contribution >= 0.6 is 0 Å². The van der Waals surface area contributed by atoms with Gasteiger partial charge in [-0.1, -0.05) is 6.07 Å². The monoisotopic (exact) mass is 358 g/mol. The van der Waals surface area contributed by atoms with Gasteiger partial charge in [0.15, 0.2) is 0 Å². The van der Waals surface area contributed by atoms with Crippen LogP contribution in [0.3, 0.4) is 0 Å². The van der Waals surface area contributed by atoms with Gasteiger partial charge in [0.2, 0.25) is 0 Å². The van der Waals surface area contributed by atoms with Crippen molar-refractivity contribution in [2.45, 2.75) is 11.4 Å². The van der Waals surface area contributed by atoms with Crippen LogP contribution in [0.4, 0.5) is 15.9 Å². The third kappa shape index (κ3) is 4.51. The van der Waals surface area contributed by atoms with Crippen LogP contribution in [-0.4, -0.2) is 18.4 Å². The molecule has 25 heavy (non-hydrogen) atoms. The predicted molar refractivity (Wildman–Crippen MR) is 93.0 cm³/mol. The van der Waals surface area contributed by atoms with E-state index >= 15 is 0 Å². The second-order valence-corrected chi connectivity index (χ2v) is 6.85. The Morgan fingerprint density at radius 2 is 1.76 bits per heavy atom. The lowest BCUT2D eigenvalue weighted by Crippen LogP contribution is -2.14. The van der Waals surface area contributed by atoms with Gasteiger partial charge in [-0.2, -0.15) is 0 Å². The average Bonchev–Trinajstić information content (AvgIpc) is 2.62. The molecule has 2 heterocycles. The summed E-state index contributed by atoms with van der Waals surface area (Å²) in [6, 6.07) is 13.5. The maximum Gasteiger partial charge on any atom is 0.263 e. The number of nitrogens with zero attached hydrogens (tertiary/aromatic N) is 2. The predicted octanol–water partition coefficient (Wildman–Crippen LogP) is 3.03. The lowest BCUT2D eigenvalue weighted by Gasteiger charge is -2.09. The zero-order valence-electron chi connectivity index (χ0n) is 13.1. The van der Waals surface area contributed by atoms with Gasteiger partial charge < -0.3 is 5.32 Å². The third-order valence-electron chi connectivity index (χ3n) is 3.33. The van der Waals surface area contributed by atoms with Gasteiger partial charge in [0.1, 0.15) is 11.6 Å². The summed E-state index contributed by atoms with van der Waals surface area (Å²) in [5.74, 6) is -0.326. The summed E-state index contributed by atoms with van der Waals surface area (Å²) in [4.78, 5) is 8.24. The van der Waals surface area contributed by atoms with Crippen LogP contribution in [0, 0.1) is 5.82 Å². The van der Waals surface area contributed by atoms with E-state index in [-0.39, 0.29) is 10.7 Å². The molecule has 1 aromatic carbocycles. The molecule has 2 aromatic heterocycles. The number of nitrogens with one attached hydrogen (secondary N) is 2. The number of aromatic nitrogens is 2. The lowest BCUT2D eigenvalue weighted by molar-refractivity contribution is 0.599. The molecule has 0 amide bonds. The minimum atomic E-state index is -3.81. The molecule has 0 aliphatic carbocycles. The standard InChI is InChI=1S/C17H15FN4O2S/c18-13-4-7-16(8-5-13)25(23,24)22-17-9-6-15(12-21-17)20-11-14-3-1-2-10-19-14/h1-10,12,20H,11H2,(H,21,22). The van der Waals surface area contributed by atoms with E-state index in [2.05, 4.69) is 20.0 Å². The van der Waals surface area contributed by atoms with Gasteiger partial charge in [-0.25, -0.2) is 17.8 Å². The van der Waals surface area contributed by atoms with Gasteiger partial charge in [0, 0.05) is 6.20 Å². The Balaban J connectivity index is 1.65. The Kier molecular flexibility index (Phi) is 4.90. The highest BCUT2D eigenvalue weighted by Gasteiger charge is 2.14. The summed E-state index contributed by atoms with van der Waals surface area (Å²) in [6.07, 6.45) is 3.23. The van der Waals surface area contributed by atoms with Crippen LogP contribution in [0.15, 0.2) is 71.9 Å². The minimum absolute atomic E-state index is 0.0342. The van der Waals surface area contributed by atoms with Crippen molar-refractivity contribution < 1.29 is 12.8 Å². The molecular formula is C17H15FN4O2S. The maximum atomic E-state index is 12.9. The Morgan fingerprint density at radius 1 is 0.960 bits per heavy atom. The fourth-order valence-electron chi connectivity index (χ4n) is 2.06. The highest BCUT2D eigenvalue weighted by atomic mass is 32.2. The van der Waals surface area contributed by atoms with E-state index in [9.17, 15) is 12.8 Å². The van der Waals surface area contributed by atoms with Crippen molar-refractivity contribution in [3.05, 3.63) is 78.5 Å². The van der Waals surface area contributed by atoms with Crippen molar-refractivity contribution in [3.8, 4) is 0 Å². The van der Waals surface area contributed by atoms with Crippen LogP contribution in [0.2, 0.25) is 0 Å². The second kappa shape index (κ2) is 7.27.